The molecular weight excluding hydrogens is 2210 g/mol. The number of hydrogen-bond acceptors (Lipinski definition) is 18. The average Bonchev–Trinajstić information content (AvgIpc) is 0.727. The fourth-order valence-electron chi connectivity index (χ4n) is 6.90. The zero-order valence-corrected chi connectivity index (χ0v) is 84.2. The first-order valence-corrected chi connectivity index (χ1v) is 52.7. The van der Waals surface area contributed by atoms with E-state index in [0.29, 0.717) is 0 Å². The van der Waals surface area contributed by atoms with Crippen molar-refractivity contribution in [3.05, 3.63) is 0 Å². The summed E-state index contributed by atoms with van der Waals surface area (Å²) in [6, 6.07) is 0. The van der Waals surface area contributed by atoms with Crippen LogP contribution in [0.2, 0.25) is 5.65 Å². The summed E-state index contributed by atoms with van der Waals surface area (Å²) in [7, 11) is -43.2. The number of nitrogens with zero attached hydrogens (tertiary/aromatic N) is 9. The maximum Gasteiger partial charge on any atom is 0.343 e. The molecule has 756 valence electrons. The lowest BCUT2D eigenvalue weighted by molar-refractivity contribution is 0.232. The molecule has 9 heterocycles. The van der Waals surface area contributed by atoms with Gasteiger partial charge in [0.15, 0.2) is 0 Å². The van der Waals surface area contributed by atoms with E-state index in [1.807, 2.05) is 5.09 Å². The van der Waals surface area contributed by atoms with Gasteiger partial charge >= 0.3 is 69.0 Å². The van der Waals surface area contributed by atoms with Gasteiger partial charge in [-0.1, -0.05) is 0 Å². The molecule has 36 nitrogen and oxygen atoms in total. The molecule has 0 aliphatic carbocycles. The lowest BCUT2D eigenvalue weighted by Gasteiger charge is -2.33. The molecular formula is C63H135Cl18N18O18P9. The molecule has 0 aromatic carbocycles. The Kier molecular flexibility index (Phi) is 29.8. The van der Waals surface area contributed by atoms with E-state index >= 15 is 0 Å². The largest absolute Gasteiger partial charge is 0.343 e. The molecule has 9 fully saturated rings. The lowest BCUT2D eigenvalue weighted by atomic mass is 10.5. The molecule has 9 N–H and O–H groups in total. The molecule has 0 saturated carbocycles. The second-order valence-electron chi connectivity index (χ2n) is 19.5. The molecule has 0 radical (unpaired) electrons. The fourth-order valence-corrected chi connectivity index (χ4v) is 21.7. The molecule has 9 aliphatic rings. The van der Waals surface area contributed by atoms with Crippen molar-refractivity contribution in [3.63, 3.8) is 0 Å². The van der Waals surface area contributed by atoms with Crippen molar-refractivity contribution in [2.75, 3.05) is 340 Å². The van der Waals surface area contributed by atoms with Crippen molar-refractivity contribution >= 4 is 278 Å². The molecule has 63 heteroatoms. The lowest BCUT2D eigenvalue weighted by Crippen LogP contribution is -2.35. The van der Waals surface area contributed by atoms with Crippen LogP contribution in [0, 0.1) is 0 Å². The van der Waals surface area contributed by atoms with E-state index in [1.165, 1.54) is 0 Å². The summed E-state index contributed by atoms with van der Waals surface area (Å²) in [6.07, 6.45) is -14.4. The van der Waals surface area contributed by atoms with Crippen LogP contribution < -0.4 is 45.8 Å². The van der Waals surface area contributed by atoms with Crippen LogP contribution in [0.25, 0.3) is 0 Å². The van der Waals surface area contributed by atoms with Crippen LogP contribution in [0.4, 0.5) is 0 Å². The number of alkyl halides is 18. The second-order valence-corrected chi connectivity index (χ2v) is 41.4. The van der Waals surface area contributed by atoms with E-state index in [9.17, 15) is 41.1 Å². The molecule has 0 spiro atoms. The van der Waals surface area contributed by atoms with Crippen LogP contribution >= 0.6 is 278 Å². The quantitative estimate of drug-likeness (QED) is 0.0202. The molecule has 126 heavy (non-hydrogen) atoms. The highest BCUT2D eigenvalue weighted by atomic mass is 35.5. The summed E-state index contributed by atoms with van der Waals surface area (Å²) in [4.78, 5) is 0. The van der Waals surface area contributed by atoms with E-state index in [1.54, 1.807) is 10.2 Å². The standard InChI is InChI=1S/9C7H15Cl2N2O2P/c9*8-2-5-11(6-3-9)14(12)10-4-1-7-13-14/h9*1-7H2,(H,10,12)/i2*2D2,3D2,4D2,5D2,7D2;1D2,2D2,3D2,5D2,7D2;2*1D2,2D2,3D2,4D2,5D2;2*2D2,3D2,5D2,7D2;2*1D2,2D2,3D2,5D2/hD4. The highest BCUT2D eigenvalue weighted by Crippen LogP contribution is 2.55. The monoisotopic (exact) mass is 2430 g/mol. The minimum atomic E-state index is -5.31. The smallest absolute Gasteiger partial charge is 0.306 e. The van der Waals surface area contributed by atoms with Gasteiger partial charge in [-0.15, -0.1) is 209 Å². The van der Waals surface area contributed by atoms with Crippen molar-refractivity contribution in [3.8, 4) is 0 Å². The molecule has 9 unspecified atom stereocenters. The summed E-state index contributed by atoms with van der Waals surface area (Å²) >= 11 is 96.5. The zero-order chi connectivity index (χ0) is 171. The van der Waals surface area contributed by atoms with Crippen LogP contribution in [0.15, 0.2) is 0 Å². The molecule has 0 aromatic rings. The number of nitrogens with one attached hydrogen (secondary N) is 9. The van der Waals surface area contributed by atoms with Gasteiger partial charge in [-0.3, -0.25) is 41.1 Å². The average molecular weight is 2440 g/mol. The third-order valence-electron chi connectivity index (χ3n) is 11.9. The summed E-state index contributed by atoms with van der Waals surface area (Å²) < 4.78 is 804. The molecule has 9 atom stereocenters. The Labute approximate surface area is 960 Å². The van der Waals surface area contributed by atoms with Gasteiger partial charge in [-0.2, -0.15) is 0 Å². The van der Waals surface area contributed by atoms with Crippen molar-refractivity contribution < 1.29 is 200 Å². The Hall–Kier alpha value is 6.21. The van der Waals surface area contributed by atoms with Crippen molar-refractivity contribution in [2.45, 2.75) is 57.5 Å². The zero-order valence-electron chi connectivity index (χ0n) is 149. The predicted molar refractivity (Wildman–Crippen MR) is 533 cm³/mol. The SMILES string of the molecule is [2H]C([2H])(Cl)CN(C([2H])([2H])C([2H])([2H])Cl)P1(=O)NC([2H])([2H])C([2H])([2H])CO1.[2H]C([2H])(Cl)CN(C([2H])([2H])C([2H])([2H])Cl)P1(=O)NC([2H])([2H])CC([2H])([2H])O1.[2H]C([2H])(Cl)CN(C([2H])([2H])C([2H])([2H])Cl)P1(=O)NCC([2H])([2H])C([2H])([2H])O1.[2H]C([2H])(Cl)CN(C([2H])([2H])C([2H])([2H])Cl)P1(=O)NCC([2H])([2H])CO1.[2H]C([2H])(Cl)CN(C([2H])([2H])C([2H])([2H])Cl)P1(=O)NCCC([2H])([2H])O1.[2H]N1C([2H])([2H])C([2H])([2H])COP1(=O)N(CC([2H])([2H])Cl)C([2H])([2H])C([2H])([2H])Cl.[2H]N1C([2H])([2H])CC([2H])([2H])OP1(=O)N(CC([2H])([2H])Cl)C([2H])([2H])C([2H])([2H])Cl.[2H]N1CC([2H])([2H])COP1(=O)N(CC([2H])([2H])Cl)C([2H])([2H])C([2H])([2H])Cl.[2H]N1CCC([2H])([2H])OP1(=O)N(CC([2H])([2H])Cl)C([2H])([2H])C([2H])([2H])Cl. The maximum absolute atomic E-state index is 13.1. The predicted octanol–water partition coefficient (Wildman–Crippen LogP) is 17.0. The fraction of sp³-hybridized carbons (Fsp3) is 1.00. The molecule has 9 rings (SSSR count). The Balaban J connectivity index is 0.00000119. The van der Waals surface area contributed by atoms with E-state index in [4.69, 9.17) is 354 Å². The summed E-state index contributed by atoms with van der Waals surface area (Å²) in [5.74, 6) is -52.6. The van der Waals surface area contributed by atoms with Gasteiger partial charge < -0.3 is 40.7 Å². The van der Waals surface area contributed by atoms with Gasteiger partial charge in [-0.25, -0.2) is 87.8 Å². The Morgan fingerprint density at radius 1 is 0.222 bits per heavy atom. The van der Waals surface area contributed by atoms with Gasteiger partial charge in [0, 0.05) is 380 Å². The van der Waals surface area contributed by atoms with Crippen molar-refractivity contribution in [2.24, 2.45) is 0 Å². The van der Waals surface area contributed by atoms with E-state index < -0.39 is 453 Å². The van der Waals surface area contributed by atoms with Gasteiger partial charge in [0.05, 0.1) is 72.9 Å². The van der Waals surface area contributed by atoms with Crippen LogP contribution in [0.5, 0.6) is 0 Å². The minimum Gasteiger partial charge on any atom is -0.306 e. The van der Waals surface area contributed by atoms with Gasteiger partial charge in [0.2, 0.25) is 0 Å². The molecule has 0 amide bonds. The summed E-state index contributed by atoms with van der Waals surface area (Å²) in [5, 5.41) is 9.52. The van der Waals surface area contributed by atoms with E-state index in [-0.39, 0.29) is 76.7 Å². The second kappa shape index (κ2) is 78.6. The number of rotatable bonds is 45. The number of hydrogen-bond donors (Lipinski definition) is 9. The van der Waals surface area contributed by atoms with Gasteiger partial charge in [0.25, 0.3) is 0 Å². The third-order valence-corrected chi connectivity index (χ3v) is 29.7. The Morgan fingerprint density at radius 3 is 0.802 bits per heavy atom. The van der Waals surface area contributed by atoms with Crippen molar-refractivity contribution in [1.82, 2.24) is 87.8 Å². The van der Waals surface area contributed by atoms with Crippen LogP contribution in [-0.2, 0) is 81.8 Å². The molecule has 0 aromatic heterocycles. The Morgan fingerprint density at radius 2 is 0.452 bits per heavy atom. The van der Waals surface area contributed by atoms with Crippen molar-refractivity contribution in [1.29, 1.82) is 0 Å². The van der Waals surface area contributed by atoms with Gasteiger partial charge in [-0.05, 0) is 57.5 Å². The first-order valence-electron chi connectivity index (χ1n) is 74.6. The topological polar surface area (TPSA) is 374 Å². The normalized spacial score (nSPS) is 47.6. The first kappa shape index (κ1) is 47.8. The minimum absolute atomic E-state index is 0.0209. The van der Waals surface area contributed by atoms with E-state index in [0.717, 1.165) is 0 Å². The van der Waals surface area contributed by atoms with Crippen LogP contribution in [0.1, 0.15) is 170 Å². The highest BCUT2D eigenvalue weighted by Gasteiger charge is 2.41. The maximum atomic E-state index is 13.1. The van der Waals surface area contributed by atoms with Crippen LogP contribution in [0.3, 0.4) is 0 Å². The third kappa shape index (κ3) is 52.1. The molecule has 9 saturated heterocycles. The molecule has 9 aliphatic heterocycles. The molecule has 0 bridgehead atoms. The summed E-state index contributed by atoms with van der Waals surface area (Å²) in [5.41, 5.74) is 0. The Bertz CT molecular complexity index is 7150. The van der Waals surface area contributed by atoms with Gasteiger partial charge in [0.1, 0.15) is 5.65 Å². The number of halogens is 18. The highest BCUT2D eigenvalue weighted by molar-refractivity contribution is 7.57. The van der Waals surface area contributed by atoms with Crippen LogP contribution in [-0.4, -0.2) is 382 Å². The summed E-state index contributed by atoms with van der Waals surface area (Å²) in [6.45, 7) is -71.7. The van der Waals surface area contributed by atoms with E-state index in [2.05, 4.69) is 23.7 Å². The first-order chi connectivity index (χ1) is 90.9.